The molecule has 1 aromatic rings. The highest BCUT2D eigenvalue weighted by Gasteiger charge is 2.43. The van der Waals surface area contributed by atoms with Gasteiger partial charge in [-0.2, -0.15) is 5.10 Å². The Morgan fingerprint density at radius 2 is 2.54 bits per heavy atom. The van der Waals surface area contributed by atoms with Crippen LogP contribution >= 0.6 is 0 Å². The number of aliphatic hydroxyl groups is 1. The Balaban J connectivity index is 2.00. The summed E-state index contributed by atoms with van der Waals surface area (Å²) in [6, 6.07) is 1.60. The van der Waals surface area contributed by atoms with Gasteiger partial charge >= 0.3 is 0 Å². The van der Waals surface area contributed by atoms with Crippen LogP contribution in [0.2, 0.25) is 0 Å². The highest BCUT2D eigenvalue weighted by molar-refractivity contribution is 5.92. The van der Waals surface area contributed by atoms with Crippen molar-refractivity contribution in [1.82, 2.24) is 15.5 Å². The maximum Gasteiger partial charge on any atom is 0.269 e. The van der Waals surface area contributed by atoms with E-state index in [1.807, 2.05) is 0 Å². The monoisotopic (exact) mass is 181 g/mol. The smallest absolute Gasteiger partial charge is 0.269 e. The van der Waals surface area contributed by atoms with Gasteiger partial charge in [0.2, 0.25) is 0 Å². The largest absolute Gasteiger partial charge is 0.394 e. The van der Waals surface area contributed by atoms with Gasteiger partial charge in [0.15, 0.2) is 0 Å². The number of H-pyrrole nitrogens is 1. The number of nitrogens with one attached hydrogen (secondary N) is 2. The van der Waals surface area contributed by atoms with Crippen LogP contribution in [0.5, 0.6) is 0 Å². The molecule has 3 N–H and O–H groups in total. The summed E-state index contributed by atoms with van der Waals surface area (Å²) in [4.78, 5) is 11.4. The number of amides is 1. The molecule has 0 bridgehead atoms. The minimum absolute atomic E-state index is 0.00682. The molecule has 1 amide bonds. The number of aromatic nitrogens is 2. The Kier molecular flexibility index (Phi) is 1.81. The van der Waals surface area contributed by atoms with Crippen LogP contribution in [0.1, 0.15) is 23.3 Å². The first-order valence-corrected chi connectivity index (χ1v) is 4.18. The van der Waals surface area contributed by atoms with Gasteiger partial charge in [0.25, 0.3) is 5.91 Å². The first kappa shape index (κ1) is 8.25. The third-order valence-corrected chi connectivity index (χ3v) is 2.28. The molecular formula is C8H11N3O2. The van der Waals surface area contributed by atoms with Gasteiger partial charge in [-0.1, -0.05) is 0 Å². The van der Waals surface area contributed by atoms with Gasteiger partial charge < -0.3 is 10.4 Å². The fourth-order valence-corrected chi connectivity index (χ4v) is 1.16. The van der Waals surface area contributed by atoms with Gasteiger partial charge in [0, 0.05) is 6.20 Å². The Labute approximate surface area is 75.2 Å². The number of aliphatic hydroxyl groups excluding tert-OH is 1. The quantitative estimate of drug-likeness (QED) is 0.597. The third-order valence-electron chi connectivity index (χ3n) is 2.28. The standard InChI is InChI=1S/C8H11N3O2/c12-5-8(2-3-8)10-7(13)6-1-4-9-11-6/h1,4,12H,2-3,5H2,(H,9,11)(H,10,13). The fourth-order valence-electron chi connectivity index (χ4n) is 1.16. The molecule has 70 valence electrons. The van der Waals surface area contributed by atoms with Crippen molar-refractivity contribution in [3.8, 4) is 0 Å². The summed E-state index contributed by atoms with van der Waals surface area (Å²) in [6.45, 7) is 0.00682. The van der Waals surface area contributed by atoms with E-state index in [1.165, 1.54) is 6.20 Å². The number of nitrogens with zero attached hydrogens (tertiary/aromatic N) is 1. The van der Waals surface area contributed by atoms with Crippen LogP contribution in [0.3, 0.4) is 0 Å². The van der Waals surface area contributed by atoms with Gasteiger partial charge in [0.05, 0.1) is 12.1 Å². The van der Waals surface area contributed by atoms with Gasteiger partial charge in [-0.3, -0.25) is 9.89 Å². The molecule has 0 unspecified atom stereocenters. The first-order valence-electron chi connectivity index (χ1n) is 4.18. The van der Waals surface area contributed by atoms with E-state index in [-0.39, 0.29) is 18.1 Å². The van der Waals surface area contributed by atoms with Crippen LogP contribution < -0.4 is 5.32 Å². The molecule has 5 heteroatoms. The van der Waals surface area contributed by atoms with Gasteiger partial charge in [-0.15, -0.1) is 0 Å². The Morgan fingerprint density at radius 1 is 1.77 bits per heavy atom. The summed E-state index contributed by atoms with van der Waals surface area (Å²) >= 11 is 0. The first-order chi connectivity index (χ1) is 6.26. The van der Waals surface area contributed by atoms with Crippen LogP contribution in [0.15, 0.2) is 12.3 Å². The molecule has 1 fully saturated rings. The maximum absolute atomic E-state index is 11.4. The minimum Gasteiger partial charge on any atom is -0.394 e. The molecule has 1 aromatic heterocycles. The summed E-state index contributed by atoms with van der Waals surface area (Å²) in [5.41, 5.74) is 0.0714. The lowest BCUT2D eigenvalue weighted by molar-refractivity contribution is 0.0901. The molecule has 0 aliphatic heterocycles. The van der Waals surface area contributed by atoms with E-state index in [1.54, 1.807) is 6.07 Å². The van der Waals surface area contributed by atoms with E-state index in [2.05, 4.69) is 15.5 Å². The number of carbonyl (C=O) groups is 1. The summed E-state index contributed by atoms with van der Waals surface area (Å²) in [5, 5.41) is 18.0. The summed E-state index contributed by atoms with van der Waals surface area (Å²) in [6.07, 6.45) is 3.22. The molecule has 0 aromatic carbocycles. The second kappa shape index (κ2) is 2.85. The average molecular weight is 181 g/mol. The van der Waals surface area contributed by atoms with Crippen LogP contribution in [0.4, 0.5) is 0 Å². The van der Waals surface area contributed by atoms with Gasteiger partial charge in [-0.05, 0) is 18.9 Å². The lowest BCUT2D eigenvalue weighted by atomic mass is 10.3. The normalized spacial score (nSPS) is 18.2. The van der Waals surface area contributed by atoms with Gasteiger partial charge in [0.1, 0.15) is 5.69 Å². The molecule has 13 heavy (non-hydrogen) atoms. The lowest BCUT2D eigenvalue weighted by Crippen LogP contribution is -2.39. The topological polar surface area (TPSA) is 78.0 Å². The van der Waals surface area contributed by atoms with E-state index < -0.39 is 0 Å². The van der Waals surface area contributed by atoms with Crippen molar-refractivity contribution >= 4 is 5.91 Å². The predicted octanol–water partition coefficient (Wildman–Crippen LogP) is -0.336. The second-order valence-corrected chi connectivity index (χ2v) is 3.36. The highest BCUT2D eigenvalue weighted by atomic mass is 16.3. The second-order valence-electron chi connectivity index (χ2n) is 3.36. The van der Waals surface area contributed by atoms with E-state index in [9.17, 15) is 4.79 Å². The SMILES string of the molecule is O=C(NC1(CO)CC1)c1ccn[nH]1. The fraction of sp³-hybridized carbons (Fsp3) is 0.500. The Bertz CT molecular complexity index is 303. The van der Waals surface area contributed by atoms with E-state index in [0.717, 1.165) is 12.8 Å². The molecule has 1 aliphatic carbocycles. The number of hydrogen-bond donors (Lipinski definition) is 3. The molecule has 1 heterocycles. The minimum atomic E-state index is -0.359. The van der Waals surface area contributed by atoms with Crippen LogP contribution in [0, 0.1) is 0 Å². The van der Waals surface area contributed by atoms with Crippen molar-refractivity contribution in [2.45, 2.75) is 18.4 Å². The zero-order valence-corrected chi connectivity index (χ0v) is 7.08. The molecular weight excluding hydrogens is 170 g/mol. The van der Waals surface area contributed by atoms with Crippen LogP contribution in [0.25, 0.3) is 0 Å². The molecule has 0 radical (unpaired) electrons. The average Bonchev–Trinajstić information content (AvgIpc) is 2.69. The lowest BCUT2D eigenvalue weighted by Gasteiger charge is -2.12. The van der Waals surface area contributed by atoms with Crippen molar-refractivity contribution < 1.29 is 9.90 Å². The van der Waals surface area contributed by atoms with Crippen molar-refractivity contribution in [2.24, 2.45) is 0 Å². The molecule has 0 spiro atoms. The van der Waals surface area contributed by atoms with Gasteiger partial charge in [-0.25, -0.2) is 0 Å². The summed E-state index contributed by atoms with van der Waals surface area (Å²) in [5.74, 6) is -0.205. The molecule has 2 rings (SSSR count). The number of carbonyl (C=O) groups excluding carboxylic acids is 1. The molecule has 1 saturated carbocycles. The molecule has 0 atom stereocenters. The maximum atomic E-state index is 11.4. The molecule has 5 nitrogen and oxygen atoms in total. The van der Waals surface area contributed by atoms with E-state index >= 15 is 0 Å². The molecule has 1 aliphatic rings. The molecule has 0 saturated heterocycles. The van der Waals surface area contributed by atoms with Crippen LogP contribution in [-0.2, 0) is 0 Å². The van der Waals surface area contributed by atoms with Crippen molar-refractivity contribution in [3.63, 3.8) is 0 Å². The van der Waals surface area contributed by atoms with E-state index in [4.69, 9.17) is 5.11 Å². The zero-order valence-electron chi connectivity index (χ0n) is 7.08. The highest BCUT2D eigenvalue weighted by Crippen LogP contribution is 2.34. The Hall–Kier alpha value is -1.36. The number of aromatic amines is 1. The van der Waals surface area contributed by atoms with Crippen LogP contribution in [-0.4, -0.2) is 33.4 Å². The number of rotatable bonds is 3. The predicted molar refractivity (Wildman–Crippen MR) is 45.1 cm³/mol. The zero-order chi connectivity index (χ0) is 9.31. The third kappa shape index (κ3) is 1.55. The summed E-state index contributed by atoms with van der Waals surface area (Å²) in [7, 11) is 0. The summed E-state index contributed by atoms with van der Waals surface area (Å²) < 4.78 is 0. The van der Waals surface area contributed by atoms with Crippen molar-refractivity contribution in [1.29, 1.82) is 0 Å². The van der Waals surface area contributed by atoms with Crippen molar-refractivity contribution in [3.05, 3.63) is 18.0 Å². The Morgan fingerprint density at radius 3 is 3.00 bits per heavy atom. The van der Waals surface area contributed by atoms with Crippen molar-refractivity contribution in [2.75, 3.05) is 6.61 Å². The number of hydrogen-bond acceptors (Lipinski definition) is 3. The van der Waals surface area contributed by atoms with E-state index in [0.29, 0.717) is 5.69 Å².